The van der Waals surface area contributed by atoms with Crippen molar-refractivity contribution in [3.05, 3.63) is 18.5 Å². The van der Waals surface area contributed by atoms with Crippen molar-refractivity contribution in [2.24, 2.45) is 5.73 Å². The fraction of sp³-hybridized carbons (Fsp3) is 0.600. The molecule has 0 amide bonds. The van der Waals surface area contributed by atoms with Gasteiger partial charge in [-0.2, -0.15) is 10.4 Å². The van der Waals surface area contributed by atoms with Gasteiger partial charge in [0.05, 0.1) is 6.07 Å². The Kier molecular flexibility index (Phi) is 3.66. The Morgan fingerprint density at radius 1 is 1.64 bits per heavy atom. The van der Waals surface area contributed by atoms with E-state index in [2.05, 4.69) is 11.2 Å². The fourth-order valence-electron chi connectivity index (χ4n) is 1.30. The van der Waals surface area contributed by atoms with Crippen molar-refractivity contribution < 1.29 is 0 Å². The molecule has 1 rings (SSSR count). The van der Waals surface area contributed by atoms with Crippen LogP contribution in [0.15, 0.2) is 18.5 Å². The van der Waals surface area contributed by atoms with Crippen LogP contribution in [0.3, 0.4) is 0 Å². The Morgan fingerprint density at radius 3 is 2.93 bits per heavy atom. The van der Waals surface area contributed by atoms with Gasteiger partial charge < -0.3 is 5.73 Å². The quantitative estimate of drug-likeness (QED) is 0.764. The molecule has 1 unspecified atom stereocenters. The zero-order valence-corrected chi connectivity index (χ0v) is 8.48. The second kappa shape index (κ2) is 4.77. The van der Waals surface area contributed by atoms with E-state index in [1.54, 1.807) is 6.20 Å². The molecule has 0 aliphatic heterocycles. The SMILES string of the molecule is CCC(N)(C#N)CCCn1cccn1. The second-order valence-corrected chi connectivity index (χ2v) is 3.49. The molecule has 4 heteroatoms. The molecule has 0 aromatic carbocycles. The van der Waals surface area contributed by atoms with E-state index < -0.39 is 5.54 Å². The summed E-state index contributed by atoms with van der Waals surface area (Å²) in [6.07, 6.45) is 5.97. The average molecular weight is 192 g/mol. The van der Waals surface area contributed by atoms with Gasteiger partial charge >= 0.3 is 0 Å². The predicted molar refractivity (Wildman–Crippen MR) is 54.3 cm³/mol. The molecular formula is C10H16N4. The van der Waals surface area contributed by atoms with Crippen molar-refractivity contribution >= 4 is 0 Å². The summed E-state index contributed by atoms with van der Waals surface area (Å²) in [7, 11) is 0. The standard InChI is InChI=1S/C10H16N4/c1-2-10(12,9-11)5-3-7-14-8-4-6-13-14/h4,6,8H,2-3,5,7,12H2,1H3. The van der Waals surface area contributed by atoms with Crippen LogP contribution in [0.1, 0.15) is 26.2 Å². The van der Waals surface area contributed by atoms with Gasteiger partial charge in [-0.1, -0.05) is 6.92 Å². The molecule has 2 N–H and O–H groups in total. The minimum atomic E-state index is -0.660. The molecule has 1 aromatic heterocycles. The summed E-state index contributed by atoms with van der Waals surface area (Å²) in [6.45, 7) is 2.77. The van der Waals surface area contributed by atoms with Crippen LogP contribution in [0.2, 0.25) is 0 Å². The van der Waals surface area contributed by atoms with Crippen molar-refractivity contribution in [1.29, 1.82) is 5.26 Å². The Bertz CT molecular complexity index is 298. The van der Waals surface area contributed by atoms with Crippen LogP contribution < -0.4 is 5.73 Å². The highest BCUT2D eigenvalue weighted by atomic mass is 15.3. The first-order chi connectivity index (χ1) is 6.70. The van der Waals surface area contributed by atoms with Gasteiger partial charge in [0.25, 0.3) is 0 Å². The lowest BCUT2D eigenvalue weighted by Gasteiger charge is -2.18. The van der Waals surface area contributed by atoms with Gasteiger partial charge in [-0.15, -0.1) is 0 Å². The summed E-state index contributed by atoms with van der Waals surface area (Å²) in [5.41, 5.74) is 5.19. The van der Waals surface area contributed by atoms with E-state index in [0.29, 0.717) is 6.42 Å². The molecule has 0 fully saturated rings. The summed E-state index contributed by atoms with van der Waals surface area (Å²) < 4.78 is 1.85. The predicted octanol–water partition coefficient (Wildman–Crippen LogP) is 1.29. The van der Waals surface area contributed by atoms with E-state index in [-0.39, 0.29) is 0 Å². The average Bonchev–Trinajstić information content (AvgIpc) is 2.70. The third-order valence-corrected chi connectivity index (χ3v) is 2.42. The number of aromatic nitrogens is 2. The largest absolute Gasteiger partial charge is 0.313 e. The molecule has 1 atom stereocenters. The number of nitriles is 1. The number of hydrogen-bond acceptors (Lipinski definition) is 3. The number of hydrogen-bond donors (Lipinski definition) is 1. The third-order valence-electron chi connectivity index (χ3n) is 2.42. The first-order valence-corrected chi connectivity index (χ1v) is 4.88. The summed E-state index contributed by atoms with van der Waals surface area (Å²) in [5, 5.41) is 12.9. The zero-order chi connectivity index (χ0) is 10.4. The van der Waals surface area contributed by atoms with Gasteiger partial charge in [0, 0.05) is 18.9 Å². The lowest BCUT2D eigenvalue weighted by molar-refractivity contribution is 0.434. The fourth-order valence-corrected chi connectivity index (χ4v) is 1.30. The molecule has 0 spiro atoms. The van der Waals surface area contributed by atoms with Crippen LogP contribution in [0.5, 0.6) is 0 Å². The van der Waals surface area contributed by atoms with E-state index in [1.165, 1.54) is 0 Å². The molecule has 0 radical (unpaired) electrons. The van der Waals surface area contributed by atoms with Gasteiger partial charge in [-0.05, 0) is 25.3 Å². The monoisotopic (exact) mass is 192 g/mol. The van der Waals surface area contributed by atoms with Crippen LogP contribution in [-0.2, 0) is 6.54 Å². The first kappa shape index (κ1) is 10.7. The highest BCUT2D eigenvalue weighted by Gasteiger charge is 2.20. The van der Waals surface area contributed by atoms with Gasteiger partial charge in [0.15, 0.2) is 0 Å². The van der Waals surface area contributed by atoms with Gasteiger partial charge in [-0.3, -0.25) is 4.68 Å². The van der Waals surface area contributed by atoms with Crippen molar-refractivity contribution in [3.8, 4) is 6.07 Å². The molecule has 0 aliphatic carbocycles. The van der Waals surface area contributed by atoms with E-state index in [9.17, 15) is 0 Å². The van der Waals surface area contributed by atoms with Crippen LogP contribution >= 0.6 is 0 Å². The van der Waals surface area contributed by atoms with Crippen molar-refractivity contribution in [2.45, 2.75) is 38.3 Å². The molecule has 14 heavy (non-hydrogen) atoms. The van der Waals surface area contributed by atoms with Gasteiger partial charge in [0.1, 0.15) is 5.54 Å². The molecule has 0 aliphatic rings. The Morgan fingerprint density at radius 2 is 2.43 bits per heavy atom. The number of nitrogens with zero attached hydrogens (tertiary/aromatic N) is 3. The topological polar surface area (TPSA) is 67.6 Å². The molecule has 4 nitrogen and oxygen atoms in total. The van der Waals surface area contributed by atoms with Crippen molar-refractivity contribution in [1.82, 2.24) is 9.78 Å². The molecule has 1 aromatic rings. The molecule has 0 saturated heterocycles. The maximum Gasteiger partial charge on any atom is 0.104 e. The number of aryl methyl sites for hydroxylation is 1. The summed E-state index contributed by atoms with van der Waals surface area (Å²) >= 11 is 0. The lowest BCUT2D eigenvalue weighted by Crippen LogP contribution is -2.37. The van der Waals surface area contributed by atoms with Crippen LogP contribution in [-0.4, -0.2) is 15.3 Å². The van der Waals surface area contributed by atoms with E-state index in [4.69, 9.17) is 11.0 Å². The molecule has 1 heterocycles. The zero-order valence-electron chi connectivity index (χ0n) is 8.48. The normalized spacial score (nSPS) is 14.6. The minimum absolute atomic E-state index is 0.660. The highest BCUT2D eigenvalue weighted by Crippen LogP contribution is 2.13. The lowest BCUT2D eigenvalue weighted by atomic mass is 9.93. The van der Waals surface area contributed by atoms with Gasteiger partial charge in [-0.25, -0.2) is 0 Å². The maximum atomic E-state index is 8.85. The van der Waals surface area contributed by atoms with Crippen molar-refractivity contribution in [3.63, 3.8) is 0 Å². The van der Waals surface area contributed by atoms with Gasteiger partial charge in [0.2, 0.25) is 0 Å². The molecular weight excluding hydrogens is 176 g/mol. The highest BCUT2D eigenvalue weighted by molar-refractivity contribution is 5.03. The Balaban J connectivity index is 2.31. The molecule has 0 saturated carbocycles. The van der Waals surface area contributed by atoms with Crippen LogP contribution in [0.4, 0.5) is 0 Å². The molecule has 0 bridgehead atoms. The number of rotatable bonds is 5. The Hall–Kier alpha value is -1.34. The summed E-state index contributed by atoms with van der Waals surface area (Å²) in [5.74, 6) is 0. The summed E-state index contributed by atoms with van der Waals surface area (Å²) in [6, 6.07) is 4.05. The van der Waals surface area contributed by atoms with Crippen LogP contribution in [0.25, 0.3) is 0 Å². The third kappa shape index (κ3) is 2.86. The Labute approximate surface area is 84.3 Å². The minimum Gasteiger partial charge on any atom is -0.313 e. The summed E-state index contributed by atoms with van der Waals surface area (Å²) in [4.78, 5) is 0. The maximum absolute atomic E-state index is 8.85. The van der Waals surface area contributed by atoms with Crippen LogP contribution in [0, 0.1) is 11.3 Å². The molecule has 76 valence electrons. The second-order valence-electron chi connectivity index (χ2n) is 3.49. The van der Waals surface area contributed by atoms with E-state index in [1.807, 2.05) is 23.9 Å². The smallest absolute Gasteiger partial charge is 0.104 e. The van der Waals surface area contributed by atoms with Crippen molar-refractivity contribution in [2.75, 3.05) is 0 Å². The number of nitrogens with two attached hydrogens (primary N) is 1. The van der Waals surface area contributed by atoms with E-state index >= 15 is 0 Å². The van der Waals surface area contributed by atoms with E-state index in [0.717, 1.165) is 19.4 Å². The first-order valence-electron chi connectivity index (χ1n) is 4.88.